The van der Waals surface area contributed by atoms with Crippen LogP contribution in [0, 0.1) is 0 Å². The number of carbonyl (C=O) groups is 2. The van der Waals surface area contributed by atoms with E-state index in [9.17, 15) is 9.59 Å². The Kier molecular flexibility index (Phi) is 6.72. The smallest absolute Gasteiger partial charge is 0.229 e. The van der Waals surface area contributed by atoms with Gasteiger partial charge in [0, 0.05) is 6.04 Å². The van der Waals surface area contributed by atoms with Crippen molar-refractivity contribution in [3.8, 4) is 11.5 Å². The Bertz CT molecular complexity index is 510. The summed E-state index contributed by atoms with van der Waals surface area (Å²) >= 11 is 0. The van der Waals surface area contributed by atoms with Gasteiger partial charge in [0.15, 0.2) is 0 Å². The fourth-order valence-electron chi connectivity index (χ4n) is 2.59. The number of carbonyl (C=O) groups excluding carboxylic acids is 2. The zero-order chi connectivity index (χ0) is 16.5. The summed E-state index contributed by atoms with van der Waals surface area (Å²) in [6.07, 6.45) is 4.21. The molecule has 1 aromatic rings. The van der Waals surface area contributed by atoms with Crippen LogP contribution in [-0.4, -0.2) is 38.1 Å². The number of methoxy groups -OCH3 is 1. The summed E-state index contributed by atoms with van der Waals surface area (Å²) in [6.45, 7) is 0.712. The van der Waals surface area contributed by atoms with Crippen LogP contribution in [0.2, 0.25) is 0 Å². The normalized spacial score (nSPS) is 14.3. The topological polar surface area (TPSA) is 76.7 Å². The molecular weight excluding hydrogens is 296 g/mol. The van der Waals surface area contributed by atoms with Gasteiger partial charge in [-0.2, -0.15) is 0 Å². The summed E-state index contributed by atoms with van der Waals surface area (Å²) in [5, 5.41) is 5.58. The van der Waals surface area contributed by atoms with Crippen LogP contribution in [0.15, 0.2) is 24.3 Å². The minimum atomic E-state index is -0.279. The number of rotatable bonds is 8. The Morgan fingerprint density at radius 3 is 2.39 bits per heavy atom. The van der Waals surface area contributed by atoms with E-state index >= 15 is 0 Å². The second-order valence-electron chi connectivity index (χ2n) is 5.60. The SMILES string of the molecule is COc1ccc(OCCNC(=O)CC(=O)NC2CCCC2)cc1. The molecule has 0 saturated heterocycles. The third-order valence-electron chi connectivity index (χ3n) is 3.79. The average Bonchev–Trinajstić information content (AvgIpc) is 3.05. The molecule has 1 aliphatic rings. The number of benzene rings is 1. The first-order valence-corrected chi connectivity index (χ1v) is 8.00. The van der Waals surface area contributed by atoms with E-state index in [2.05, 4.69) is 10.6 Å². The van der Waals surface area contributed by atoms with Gasteiger partial charge in [0.25, 0.3) is 0 Å². The molecule has 6 heteroatoms. The fourth-order valence-corrected chi connectivity index (χ4v) is 2.59. The molecule has 2 rings (SSSR count). The van der Waals surface area contributed by atoms with Crippen LogP contribution in [0.5, 0.6) is 11.5 Å². The maximum absolute atomic E-state index is 11.7. The first-order chi connectivity index (χ1) is 11.2. The van der Waals surface area contributed by atoms with Gasteiger partial charge in [-0.15, -0.1) is 0 Å². The molecule has 1 aromatic carbocycles. The van der Waals surface area contributed by atoms with Crippen molar-refractivity contribution in [1.82, 2.24) is 10.6 Å². The van der Waals surface area contributed by atoms with E-state index in [-0.39, 0.29) is 24.3 Å². The molecule has 0 aliphatic heterocycles. The summed E-state index contributed by atoms with van der Waals surface area (Å²) in [5.74, 6) is 0.988. The van der Waals surface area contributed by atoms with E-state index in [0.717, 1.165) is 31.4 Å². The number of hydrogen-bond donors (Lipinski definition) is 2. The van der Waals surface area contributed by atoms with E-state index in [1.165, 1.54) is 0 Å². The number of amides is 2. The van der Waals surface area contributed by atoms with Gasteiger partial charge in [0.05, 0.1) is 13.7 Å². The van der Waals surface area contributed by atoms with Crippen molar-refractivity contribution < 1.29 is 19.1 Å². The molecule has 0 heterocycles. The monoisotopic (exact) mass is 320 g/mol. The van der Waals surface area contributed by atoms with Crippen LogP contribution < -0.4 is 20.1 Å². The first-order valence-electron chi connectivity index (χ1n) is 8.00. The summed E-state index contributed by atoms with van der Waals surface area (Å²) in [4.78, 5) is 23.4. The van der Waals surface area contributed by atoms with Gasteiger partial charge in [-0.1, -0.05) is 12.8 Å². The van der Waals surface area contributed by atoms with Gasteiger partial charge in [0.1, 0.15) is 24.5 Å². The third kappa shape index (κ3) is 6.18. The molecule has 1 saturated carbocycles. The predicted molar refractivity (Wildman–Crippen MR) is 86.5 cm³/mol. The minimum Gasteiger partial charge on any atom is -0.497 e. The largest absolute Gasteiger partial charge is 0.497 e. The quantitative estimate of drug-likeness (QED) is 0.564. The summed E-state index contributed by atoms with van der Waals surface area (Å²) in [6, 6.07) is 7.46. The van der Waals surface area contributed by atoms with E-state index in [0.29, 0.717) is 18.9 Å². The lowest BCUT2D eigenvalue weighted by atomic mass is 10.2. The Morgan fingerprint density at radius 2 is 1.74 bits per heavy atom. The maximum atomic E-state index is 11.7. The molecule has 2 N–H and O–H groups in total. The number of ether oxygens (including phenoxy) is 2. The summed E-state index contributed by atoms with van der Waals surface area (Å²) < 4.78 is 10.6. The van der Waals surface area contributed by atoms with Crippen LogP contribution in [0.3, 0.4) is 0 Å². The van der Waals surface area contributed by atoms with Crippen molar-refractivity contribution >= 4 is 11.8 Å². The Morgan fingerprint density at radius 1 is 1.09 bits per heavy atom. The second kappa shape index (κ2) is 9.02. The molecule has 2 amide bonds. The van der Waals surface area contributed by atoms with E-state index in [1.54, 1.807) is 31.4 Å². The van der Waals surface area contributed by atoms with Gasteiger partial charge in [-0.25, -0.2) is 0 Å². The minimum absolute atomic E-state index is 0.126. The van der Waals surface area contributed by atoms with Gasteiger partial charge < -0.3 is 20.1 Å². The van der Waals surface area contributed by atoms with Crippen LogP contribution in [0.1, 0.15) is 32.1 Å². The standard InChI is InChI=1S/C17H24N2O4/c1-22-14-6-8-15(9-7-14)23-11-10-18-16(20)12-17(21)19-13-4-2-3-5-13/h6-9,13H,2-5,10-12H2,1H3,(H,18,20)(H,19,21). The molecule has 0 unspecified atom stereocenters. The van der Waals surface area contributed by atoms with Crippen LogP contribution in [0.4, 0.5) is 0 Å². The highest BCUT2D eigenvalue weighted by Crippen LogP contribution is 2.18. The van der Waals surface area contributed by atoms with Crippen molar-refractivity contribution in [2.24, 2.45) is 0 Å². The molecule has 6 nitrogen and oxygen atoms in total. The lowest BCUT2D eigenvalue weighted by molar-refractivity contribution is -0.129. The van der Waals surface area contributed by atoms with E-state index in [1.807, 2.05) is 0 Å². The molecule has 0 radical (unpaired) electrons. The Hall–Kier alpha value is -2.24. The molecule has 126 valence electrons. The Labute approximate surface area is 136 Å². The zero-order valence-corrected chi connectivity index (χ0v) is 13.5. The summed E-state index contributed by atoms with van der Waals surface area (Å²) in [7, 11) is 1.61. The van der Waals surface area contributed by atoms with Crippen molar-refractivity contribution in [2.45, 2.75) is 38.1 Å². The van der Waals surface area contributed by atoms with Crippen molar-refractivity contribution in [3.63, 3.8) is 0 Å². The molecule has 0 atom stereocenters. The molecule has 1 fully saturated rings. The van der Waals surface area contributed by atoms with E-state index < -0.39 is 0 Å². The first kappa shape index (κ1) is 17.1. The highest BCUT2D eigenvalue weighted by atomic mass is 16.5. The van der Waals surface area contributed by atoms with Crippen LogP contribution in [-0.2, 0) is 9.59 Å². The average molecular weight is 320 g/mol. The lowest BCUT2D eigenvalue weighted by Gasteiger charge is -2.12. The molecule has 1 aliphatic carbocycles. The van der Waals surface area contributed by atoms with Crippen molar-refractivity contribution in [2.75, 3.05) is 20.3 Å². The highest BCUT2D eigenvalue weighted by Gasteiger charge is 2.18. The van der Waals surface area contributed by atoms with Crippen molar-refractivity contribution in [3.05, 3.63) is 24.3 Å². The van der Waals surface area contributed by atoms with Crippen LogP contribution >= 0.6 is 0 Å². The maximum Gasteiger partial charge on any atom is 0.229 e. The molecule has 0 bridgehead atoms. The zero-order valence-electron chi connectivity index (χ0n) is 13.5. The number of hydrogen-bond acceptors (Lipinski definition) is 4. The summed E-state index contributed by atoms with van der Waals surface area (Å²) in [5.41, 5.74) is 0. The third-order valence-corrected chi connectivity index (χ3v) is 3.79. The van der Waals surface area contributed by atoms with Gasteiger partial charge in [0.2, 0.25) is 11.8 Å². The predicted octanol–water partition coefficient (Wildman–Crippen LogP) is 1.64. The van der Waals surface area contributed by atoms with Gasteiger partial charge >= 0.3 is 0 Å². The molecule has 23 heavy (non-hydrogen) atoms. The van der Waals surface area contributed by atoms with Gasteiger partial charge in [-0.3, -0.25) is 9.59 Å². The molecular formula is C17H24N2O4. The Balaban J connectivity index is 1.57. The number of nitrogens with one attached hydrogen (secondary N) is 2. The lowest BCUT2D eigenvalue weighted by Crippen LogP contribution is -2.37. The molecule has 0 aromatic heterocycles. The van der Waals surface area contributed by atoms with Gasteiger partial charge in [-0.05, 0) is 37.1 Å². The highest BCUT2D eigenvalue weighted by molar-refractivity contribution is 5.96. The molecule has 0 spiro atoms. The van der Waals surface area contributed by atoms with E-state index in [4.69, 9.17) is 9.47 Å². The second-order valence-corrected chi connectivity index (χ2v) is 5.60. The fraction of sp³-hybridized carbons (Fsp3) is 0.529. The van der Waals surface area contributed by atoms with Crippen molar-refractivity contribution in [1.29, 1.82) is 0 Å². The van der Waals surface area contributed by atoms with Crippen LogP contribution in [0.25, 0.3) is 0 Å².